The van der Waals surface area contributed by atoms with E-state index in [4.69, 9.17) is 5.26 Å². The van der Waals surface area contributed by atoms with Crippen LogP contribution in [-0.2, 0) is 0 Å². The average molecular weight is 251 g/mol. The molecule has 1 heterocycles. The number of nitrogens with zero attached hydrogens (tertiary/aromatic N) is 3. The van der Waals surface area contributed by atoms with E-state index in [0.29, 0.717) is 6.04 Å². The number of aliphatic hydroxyl groups is 1. The molecule has 4 nitrogen and oxygen atoms in total. The van der Waals surface area contributed by atoms with Gasteiger partial charge in [-0.1, -0.05) is 19.3 Å². The van der Waals surface area contributed by atoms with Crippen LogP contribution in [0.5, 0.6) is 0 Å². The van der Waals surface area contributed by atoms with Crippen LogP contribution in [0.1, 0.15) is 39.0 Å². The van der Waals surface area contributed by atoms with Crippen molar-refractivity contribution in [3.63, 3.8) is 0 Å². The van der Waals surface area contributed by atoms with Crippen molar-refractivity contribution in [3.05, 3.63) is 0 Å². The average Bonchev–Trinajstić information content (AvgIpc) is 2.63. The Morgan fingerprint density at radius 2 is 1.78 bits per heavy atom. The molecule has 0 bridgehead atoms. The summed E-state index contributed by atoms with van der Waals surface area (Å²) < 4.78 is 0. The maximum atomic E-state index is 10.2. The molecule has 2 aliphatic rings. The summed E-state index contributed by atoms with van der Waals surface area (Å²) in [4.78, 5) is 4.68. The topological polar surface area (TPSA) is 50.5 Å². The van der Waals surface area contributed by atoms with Gasteiger partial charge in [0.25, 0.3) is 0 Å². The molecule has 0 radical (unpaired) electrons. The van der Waals surface area contributed by atoms with E-state index < -0.39 is 0 Å². The molecule has 1 saturated heterocycles. The Morgan fingerprint density at radius 1 is 1.11 bits per heavy atom. The lowest BCUT2D eigenvalue weighted by molar-refractivity contribution is 0.0121. The molecule has 1 saturated carbocycles. The maximum Gasteiger partial charge on any atom is 0.0950 e. The van der Waals surface area contributed by atoms with Crippen molar-refractivity contribution in [3.8, 4) is 6.07 Å². The van der Waals surface area contributed by atoms with E-state index in [0.717, 1.165) is 39.0 Å². The van der Waals surface area contributed by atoms with Gasteiger partial charge in [0.05, 0.1) is 18.2 Å². The zero-order chi connectivity index (χ0) is 13.0. The first-order valence-corrected chi connectivity index (χ1v) is 7.28. The van der Waals surface area contributed by atoms with Crippen LogP contribution in [-0.4, -0.2) is 59.3 Å². The molecule has 0 amide bonds. The molecule has 3 unspecified atom stereocenters. The smallest absolute Gasteiger partial charge is 0.0950 e. The molecule has 102 valence electrons. The van der Waals surface area contributed by atoms with Crippen molar-refractivity contribution in [2.75, 3.05) is 26.2 Å². The molecule has 0 spiro atoms. The second-order valence-electron chi connectivity index (χ2n) is 5.65. The highest BCUT2D eigenvalue weighted by Crippen LogP contribution is 2.23. The van der Waals surface area contributed by atoms with Gasteiger partial charge in [0, 0.05) is 32.2 Å². The third-order valence-corrected chi connectivity index (χ3v) is 4.50. The summed E-state index contributed by atoms with van der Waals surface area (Å²) in [5.41, 5.74) is 0. The zero-order valence-electron chi connectivity index (χ0n) is 11.4. The largest absolute Gasteiger partial charge is 0.391 e. The van der Waals surface area contributed by atoms with Crippen LogP contribution in [0.15, 0.2) is 0 Å². The van der Waals surface area contributed by atoms with E-state index >= 15 is 0 Å². The number of aliphatic hydroxyl groups excluding tert-OH is 1. The van der Waals surface area contributed by atoms with E-state index in [1.54, 1.807) is 0 Å². The lowest BCUT2D eigenvalue weighted by atomic mass is 10.0. The minimum Gasteiger partial charge on any atom is -0.391 e. The van der Waals surface area contributed by atoms with Gasteiger partial charge in [-0.25, -0.2) is 0 Å². The lowest BCUT2D eigenvalue weighted by Gasteiger charge is -2.41. The zero-order valence-corrected chi connectivity index (χ0v) is 11.4. The summed E-state index contributed by atoms with van der Waals surface area (Å²) in [6.07, 6.45) is 5.63. The molecular formula is C14H25N3O. The Morgan fingerprint density at radius 3 is 2.44 bits per heavy atom. The first kappa shape index (κ1) is 13.8. The van der Waals surface area contributed by atoms with E-state index in [1.165, 1.54) is 19.3 Å². The quantitative estimate of drug-likeness (QED) is 0.750. The van der Waals surface area contributed by atoms with Crippen molar-refractivity contribution < 1.29 is 5.11 Å². The third kappa shape index (κ3) is 3.23. The van der Waals surface area contributed by atoms with Gasteiger partial charge in [0.1, 0.15) is 0 Å². The molecular weight excluding hydrogens is 226 g/mol. The van der Waals surface area contributed by atoms with Crippen LogP contribution in [0.25, 0.3) is 0 Å². The summed E-state index contributed by atoms with van der Waals surface area (Å²) in [6, 6.07) is 2.68. The molecule has 2 fully saturated rings. The van der Waals surface area contributed by atoms with Crippen LogP contribution in [0, 0.1) is 11.3 Å². The molecule has 1 aliphatic heterocycles. The Labute approximate surface area is 110 Å². The third-order valence-electron chi connectivity index (χ3n) is 4.50. The van der Waals surface area contributed by atoms with Gasteiger partial charge in [0.2, 0.25) is 0 Å². The lowest BCUT2D eigenvalue weighted by Crippen LogP contribution is -2.54. The van der Waals surface area contributed by atoms with Crippen LogP contribution in [0.2, 0.25) is 0 Å². The van der Waals surface area contributed by atoms with E-state index in [9.17, 15) is 5.11 Å². The monoisotopic (exact) mass is 251 g/mol. The van der Waals surface area contributed by atoms with Gasteiger partial charge in [-0.2, -0.15) is 5.26 Å². The highest BCUT2D eigenvalue weighted by atomic mass is 16.3. The highest BCUT2D eigenvalue weighted by Gasteiger charge is 2.30. The van der Waals surface area contributed by atoms with Crippen molar-refractivity contribution in [1.82, 2.24) is 9.80 Å². The molecule has 18 heavy (non-hydrogen) atoms. The van der Waals surface area contributed by atoms with Crippen LogP contribution >= 0.6 is 0 Å². The summed E-state index contributed by atoms with van der Waals surface area (Å²) in [5, 5.41) is 19.2. The van der Waals surface area contributed by atoms with Crippen molar-refractivity contribution in [2.45, 2.75) is 57.2 Å². The second-order valence-corrected chi connectivity index (χ2v) is 5.65. The first-order chi connectivity index (χ1) is 8.72. The molecule has 2 rings (SSSR count). The van der Waals surface area contributed by atoms with Crippen LogP contribution in [0.3, 0.4) is 0 Å². The van der Waals surface area contributed by atoms with Gasteiger partial charge in [0.15, 0.2) is 0 Å². The summed E-state index contributed by atoms with van der Waals surface area (Å²) >= 11 is 0. The molecule has 1 N–H and O–H groups in total. The Bertz CT molecular complexity index is 294. The number of hydrogen-bond donors (Lipinski definition) is 1. The van der Waals surface area contributed by atoms with Crippen LogP contribution < -0.4 is 0 Å². The fourth-order valence-corrected chi connectivity index (χ4v) is 3.23. The molecule has 0 aromatic carbocycles. The first-order valence-electron chi connectivity index (χ1n) is 7.28. The second kappa shape index (κ2) is 6.51. The van der Waals surface area contributed by atoms with Gasteiger partial charge in [-0.3, -0.25) is 9.80 Å². The van der Waals surface area contributed by atoms with E-state index in [2.05, 4.69) is 15.9 Å². The number of nitriles is 1. The minimum absolute atomic E-state index is 0.0196. The Balaban J connectivity index is 1.86. The number of rotatable bonds is 2. The fraction of sp³-hybridized carbons (Fsp3) is 0.929. The predicted molar refractivity (Wildman–Crippen MR) is 71.1 cm³/mol. The summed E-state index contributed by atoms with van der Waals surface area (Å²) in [7, 11) is 0. The standard InChI is InChI=1S/C14H25N3O/c1-12(11-15)16-7-9-17(10-8-16)13-5-3-2-4-6-14(13)18/h12-14,18H,2-10H2,1H3. The molecule has 3 atom stereocenters. The van der Waals surface area contributed by atoms with Gasteiger partial charge >= 0.3 is 0 Å². The Hall–Kier alpha value is -0.630. The molecule has 0 aromatic rings. The SMILES string of the molecule is CC(C#N)N1CCN(C2CCCCCC2O)CC1. The maximum absolute atomic E-state index is 10.2. The van der Waals surface area contributed by atoms with Gasteiger partial charge < -0.3 is 5.11 Å². The number of hydrogen-bond acceptors (Lipinski definition) is 4. The highest BCUT2D eigenvalue weighted by molar-refractivity contribution is 4.92. The van der Waals surface area contributed by atoms with Gasteiger partial charge in [-0.15, -0.1) is 0 Å². The Kier molecular flexibility index (Phi) is 4.99. The normalized spacial score (nSPS) is 33.6. The van der Waals surface area contributed by atoms with Crippen LogP contribution in [0.4, 0.5) is 0 Å². The summed E-state index contributed by atoms with van der Waals surface area (Å²) in [6.45, 7) is 5.87. The molecule has 0 aromatic heterocycles. The van der Waals surface area contributed by atoms with Crippen molar-refractivity contribution in [1.29, 1.82) is 5.26 Å². The van der Waals surface area contributed by atoms with E-state index in [-0.39, 0.29) is 12.1 Å². The molecule has 1 aliphatic carbocycles. The molecule has 4 heteroatoms. The predicted octanol–water partition coefficient (Wildman–Crippen LogP) is 1.21. The summed E-state index contributed by atoms with van der Waals surface area (Å²) in [5.74, 6) is 0. The van der Waals surface area contributed by atoms with Crippen molar-refractivity contribution >= 4 is 0 Å². The minimum atomic E-state index is -0.146. The fourth-order valence-electron chi connectivity index (χ4n) is 3.23. The van der Waals surface area contributed by atoms with E-state index in [1.807, 2.05) is 6.92 Å². The van der Waals surface area contributed by atoms with Gasteiger partial charge in [-0.05, 0) is 19.8 Å². The van der Waals surface area contributed by atoms with Crippen molar-refractivity contribution in [2.24, 2.45) is 0 Å². The number of piperazine rings is 1.